The van der Waals surface area contributed by atoms with Gasteiger partial charge in [0.2, 0.25) is 0 Å². The van der Waals surface area contributed by atoms with Crippen LogP contribution < -0.4 is 19.9 Å². The Morgan fingerprint density at radius 1 is 1.14 bits per heavy atom. The van der Waals surface area contributed by atoms with Crippen molar-refractivity contribution in [2.24, 2.45) is 0 Å². The summed E-state index contributed by atoms with van der Waals surface area (Å²) < 4.78 is 37.9. The number of alkyl halides is 1. The molecule has 8 rings (SSSR count). The van der Waals surface area contributed by atoms with Gasteiger partial charge >= 0.3 is 6.01 Å². The van der Waals surface area contributed by atoms with Crippen LogP contribution in [0.25, 0.3) is 10.8 Å². The number of nitrogens with one attached hydrogen (secondary N) is 1. The van der Waals surface area contributed by atoms with Crippen LogP contribution in [0.5, 0.6) is 11.8 Å². The Balaban J connectivity index is 1.19. The first kappa shape index (κ1) is 32.9. The third kappa shape index (κ3) is 5.58. The molecule has 50 heavy (non-hydrogen) atoms. The summed E-state index contributed by atoms with van der Waals surface area (Å²) in [5, 5.41) is 19.7. The molecular weight excluding hydrogens is 666 g/mol. The van der Waals surface area contributed by atoms with Crippen molar-refractivity contribution in [3.05, 3.63) is 63.3 Å². The number of phenolic OH excluding ortho intramolecular Hbond substituents is 1. The summed E-state index contributed by atoms with van der Waals surface area (Å²) in [7, 11) is 1.55. The van der Waals surface area contributed by atoms with Crippen molar-refractivity contribution in [3.63, 3.8) is 0 Å². The molecule has 0 spiro atoms. The van der Waals surface area contributed by atoms with Gasteiger partial charge in [-0.3, -0.25) is 14.4 Å². The number of amides is 1. The van der Waals surface area contributed by atoms with E-state index < -0.39 is 6.17 Å². The Hall–Kier alpha value is -4.23. The van der Waals surface area contributed by atoms with Gasteiger partial charge in [-0.15, -0.1) is 0 Å². The van der Waals surface area contributed by atoms with E-state index in [2.05, 4.69) is 25.1 Å². The third-order valence-electron chi connectivity index (χ3n) is 11.0. The number of benzene rings is 2. The highest BCUT2D eigenvalue weighted by Gasteiger charge is 2.49. The summed E-state index contributed by atoms with van der Waals surface area (Å²) in [5.74, 6) is 0.224. The molecule has 2 N–H and O–H groups in total. The molecule has 0 saturated carbocycles. The minimum Gasteiger partial charge on any atom is -0.508 e. The number of aromatic hydroxyl groups is 1. The molecule has 4 aliphatic rings. The molecule has 264 valence electrons. The molecule has 0 unspecified atom stereocenters. The zero-order valence-corrected chi connectivity index (χ0v) is 29.1. The SMILES string of the molecule is CCc1c(F)ccc2cc(O)cc(N3CCc4c(nc(OC[C@@]56CCCN5C[C@H](F)C6)nc4N4CCCn5nc(C(=O)NC)c(Cl)c5C4)C3)c12. The number of rotatable bonds is 7. The van der Waals surface area contributed by atoms with Gasteiger partial charge in [-0.05, 0) is 61.7 Å². The Kier molecular flexibility index (Phi) is 8.45. The fourth-order valence-corrected chi connectivity index (χ4v) is 8.85. The molecule has 0 bridgehead atoms. The summed E-state index contributed by atoms with van der Waals surface area (Å²) in [5.41, 5.74) is 3.65. The van der Waals surface area contributed by atoms with Gasteiger partial charge in [0, 0.05) is 62.4 Å². The number of hydrogen-bond acceptors (Lipinski definition) is 9. The Labute approximate surface area is 294 Å². The van der Waals surface area contributed by atoms with Gasteiger partial charge in [0.05, 0.1) is 35.0 Å². The van der Waals surface area contributed by atoms with Crippen molar-refractivity contribution < 1.29 is 23.4 Å². The first-order chi connectivity index (χ1) is 24.2. The van der Waals surface area contributed by atoms with Gasteiger partial charge in [-0.25, -0.2) is 8.78 Å². The maximum atomic E-state index is 15.1. The van der Waals surface area contributed by atoms with E-state index in [0.717, 1.165) is 65.0 Å². The predicted octanol–water partition coefficient (Wildman–Crippen LogP) is 5.17. The summed E-state index contributed by atoms with van der Waals surface area (Å²) in [6, 6.07) is 6.76. The minimum atomic E-state index is -0.881. The van der Waals surface area contributed by atoms with Crippen LogP contribution in [-0.4, -0.2) is 87.2 Å². The number of carbonyl (C=O) groups is 1. The van der Waals surface area contributed by atoms with Crippen LogP contribution in [0.15, 0.2) is 24.3 Å². The normalized spacial score (nSPS) is 22.0. The number of ether oxygens (including phenoxy) is 1. The molecule has 1 amide bonds. The number of nitrogens with zero attached hydrogens (tertiary/aromatic N) is 7. The number of anilines is 2. The minimum absolute atomic E-state index is 0.108. The molecule has 2 atom stereocenters. The maximum Gasteiger partial charge on any atom is 0.318 e. The molecule has 2 fully saturated rings. The second kappa shape index (κ2) is 12.8. The molecule has 4 aromatic rings. The number of phenols is 1. The van der Waals surface area contributed by atoms with Gasteiger partial charge in [0.25, 0.3) is 5.91 Å². The van der Waals surface area contributed by atoms with Crippen LogP contribution in [0.3, 0.4) is 0 Å². The molecule has 0 aliphatic carbocycles. The van der Waals surface area contributed by atoms with Crippen molar-refractivity contribution in [3.8, 4) is 11.8 Å². The van der Waals surface area contributed by atoms with Crippen LogP contribution in [0.1, 0.15) is 65.6 Å². The van der Waals surface area contributed by atoms with Crippen LogP contribution in [0.4, 0.5) is 20.3 Å². The number of halogens is 3. The molecular formula is C36H41ClF2N8O3. The van der Waals surface area contributed by atoms with E-state index in [1.165, 1.54) is 6.07 Å². The average molecular weight is 707 g/mol. The number of aryl methyl sites for hydroxylation is 2. The maximum absolute atomic E-state index is 15.1. The van der Waals surface area contributed by atoms with Crippen molar-refractivity contribution >= 4 is 39.8 Å². The largest absolute Gasteiger partial charge is 0.508 e. The Morgan fingerprint density at radius 2 is 2.00 bits per heavy atom. The van der Waals surface area contributed by atoms with Crippen molar-refractivity contribution in [1.29, 1.82) is 0 Å². The highest BCUT2D eigenvalue weighted by Crippen LogP contribution is 2.42. The topological polar surface area (TPSA) is 112 Å². The van der Waals surface area contributed by atoms with E-state index in [4.69, 9.17) is 26.3 Å². The van der Waals surface area contributed by atoms with Gasteiger partial charge in [-0.2, -0.15) is 15.1 Å². The van der Waals surface area contributed by atoms with Crippen LogP contribution >= 0.6 is 11.6 Å². The molecule has 4 aliphatic heterocycles. The number of carbonyl (C=O) groups excluding carboxylic acids is 1. The summed E-state index contributed by atoms with van der Waals surface area (Å²) >= 11 is 6.77. The number of hydrogen-bond donors (Lipinski definition) is 2. The monoisotopic (exact) mass is 706 g/mol. The molecule has 2 aromatic heterocycles. The van der Waals surface area contributed by atoms with Crippen LogP contribution in [-0.2, 0) is 32.5 Å². The standard InChI is InChI=1S/C36H41ClF2N8O3/c1-3-24-26(39)7-6-21-14-23(48)15-28(30(21)24)44-13-8-25-27(18-44)41-35(50-20-36-9-4-11-46(36)17-22(38)16-36)42-33(25)45-10-5-12-47-29(19-45)31(37)32(43-47)34(49)40-2/h6-7,14-15,22,48H,3-5,8-13,16-20H2,1-2H3,(H,40,49)/t22-,36+/m1/s1. The average Bonchev–Trinajstić information content (AvgIpc) is 3.68. The van der Waals surface area contributed by atoms with Gasteiger partial charge in [0.15, 0.2) is 5.69 Å². The summed E-state index contributed by atoms with van der Waals surface area (Å²) in [6.07, 6.45) is 3.25. The lowest BCUT2D eigenvalue weighted by molar-refractivity contribution is 0.0957. The van der Waals surface area contributed by atoms with E-state index in [1.807, 2.05) is 6.92 Å². The molecule has 2 aromatic carbocycles. The van der Waals surface area contributed by atoms with E-state index in [0.29, 0.717) is 75.7 Å². The van der Waals surface area contributed by atoms with E-state index in [-0.39, 0.29) is 34.7 Å². The third-order valence-corrected chi connectivity index (χ3v) is 11.4. The zero-order chi connectivity index (χ0) is 34.7. The lowest BCUT2D eigenvalue weighted by Crippen LogP contribution is -2.43. The number of aromatic nitrogens is 4. The first-order valence-corrected chi connectivity index (χ1v) is 17.9. The molecule has 14 heteroatoms. The van der Waals surface area contributed by atoms with Gasteiger partial charge in [-0.1, -0.05) is 24.6 Å². The predicted molar refractivity (Wildman–Crippen MR) is 187 cm³/mol. The Bertz CT molecular complexity index is 1990. The number of fused-ring (bicyclic) bond motifs is 4. The van der Waals surface area contributed by atoms with Gasteiger partial charge in [0.1, 0.15) is 30.2 Å². The van der Waals surface area contributed by atoms with Crippen LogP contribution in [0, 0.1) is 5.82 Å². The zero-order valence-electron chi connectivity index (χ0n) is 28.3. The highest BCUT2D eigenvalue weighted by atomic mass is 35.5. The second-order valence-corrected chi connectivity index (χ2v) is 14.3. The van der Waals surface area contributed by atoms with E-state index in [9.17, 15) is 14.3 Å². The summed E-state index contributed by atoms with van der Waals surface area (Å²) in [6.45, 7) is 6.12. The first-order valence-electron chi connectivity index (χ1n) is 17.5. The fraction of sp³-hybridized carbons (Fsp3) is 0.500. The van der Waals surface area contributed by atoms with Crippen molar-refractivity contribution in [2.45, 2.75) is 76.8 Å². The molecule has 11 nitrogen and oxygen atoms in total. The van der Waals surface area contributed by atoms with E-state index in [1.54, 1.807) is 29.9 Å². The van der Waals surface area contributed by atoms with E-state index >= 15 is 4.39 Å². The van der Waals surface area contributed by atoms with Gasteiger partial charge < -0.3 is 25.0 Å². The molecule has 2 saturated heterocycles. The lowest BCUT2D eigenvalue weighted by Gasteiger charge is -2.35. The summed E-state index contributed by atoms with van der Waals surface area (Å²) in [4.78, 5) is 29.0. The lowest BCUT2D eigenvalue weighted by atomic mass is 9.95. The van der Waals surface area contributed by atoms with Crippen LogP contribution in [0.2, 0.25) is 5.02 Å². The van der Waals surface area contributed by atoms with Crippen molar-refractivity contribution in [2.75, 3.05) is 49.6 Å². The fourth-order valence-electron chi connectivity index (χ4n) is 8.57. The smallest absolute Gasteiger partial charge is 0.318 e. The quantitative estimate of drug-likeness (QED) is 0.269. The second-order valence-electron chi connectivity index (χ2n) is 13.9. The molecule has 0 radical (unpaired) electrons. The Morgan fingerprint density at radius 3 is 2.82 bits per heavy atom. The van der Waals surface area contributed by atoms with Crippen molar-refractivity contribution in [1.82, 2.24) is 30.0 Å². The molecule has 6 heterocycles. The highest BCUT2D eigenvalue weighted by molar-refractivity contribution is 6.34.